The molecule has 0 bridgehead atoms. The molecule has 8 heteroatoms. The average Bonchev–Trinajstić information content (AvgIpc) is 2.87. The highest BCUT2D eigenvalue weighted by atomic mass is 16.5. The van der Waals surface area contributed by atoms with Crippen molar-refractivity contribution >= 4 is 22.6 Å². The maximum Gasteiger partial charge on any atom is 0.263 e. The molecule has 3 aromatic rings. The van der Waals surface area contributed by atoms with E-state index in [0.29, 0.717) is 30.1 Å². The predicted molar refractivity (Wildman–Crippen MR) is 131 cm³/mol. The second-order valence-corrected chi connectivity index (χ2v) is 9.20. The topological polar surface area (TPSA) is 111 Å². The largest absolute Gasteiger partial charge is 0.497 e. The van der Waals surface area contributed by atoms with Crippen LogP contribution in [-0.2, 0) is 17.8 Å². The Morgan fingerprint density at radius 1 is 1.21 bits per heavy atom. The van der Waals surface area contributed by atoms with Crippen LogP contribution in [0, 0.1) is 5.92 Å². The Morgan fingerprint density at radius 3 is 2.88 bits per heavy atom. The lowest BCUT2D eigenvalue weighted by molar-refractivity contribution is -0.118. The highest BCUT2D eigenvalue weighted by Crippen LogP contribution is 2.30. The monoisotopic (exact) mass is 461 g/mol. The number of benzene rings is 1. The molecule has 1 aliphatic heterocycles. The number of amides is 1. The minimum absolute atomic E-state index is 0.0449. The molecule has 0 radical (unpaired) electrons. The van der Waals surface area contributed by atoms with Crippen LogP contribution in [0.3, 0.4) is 0 Å². The van der Waals surface area contributed by atoms with E-state index in [-0.39, 0.29) is 18.6 Å². The lowest BCUT2D eigenvalue weighted by atomic mass is 9.79. The Balaban J connectivity index is 1.14. The molecule has 34 heavy (non-hydrogen) atoms. The molecule has 0 unspecified atom stereocenters. The summed E-state index contributed by atoms with van der Waals surface area (Å²) in [5.74, 6) is 2.30. The number of methoxy groups -OCH3 is 1. The zero-order valence-electron chi connectivity index (χ0n) is 19.4. The number of pyridine rings is 2. The van der Waals surface area contributed by atoms with Gasteiger partial charge < -0.3 is 25.8 Å². The number of anilines is 1. The van der Waals surface area contributed by atoms with Gasteiger partial charge in [0.1, 0.15) is 5.75 Å². The minimum Gasteiger partial charge on any atom is -0.497 e. The summed E-state index contributed by atoms with van der Waals surface area (Å²) < 4.78 is 10.8. The van der Waals surface area contributed by atoms with E-state index in [9.17, 15) is 4.79 Å². The highest BCUT2D eigenvalue weighted by molar-refractivity contribution is 5.94. The Labute approximate surface area is 199 Å². The van der Waals surface area contributed by atoms with E-state index in [1.54, 1.807) is 7.11 Å². The van der Waals surface area contributed by atoms with Gasteiger partial charge in [0.25, 0.3) is 5.91 Å². The first-order valence-corrected chi connectivity index (χ1v) is 11.9. The molecule has 1 amide bonds. The number of hydrogen-bond donors (Lipinski definition) is 3. The summed E-state index contributed by atoms with van der Waals surface area (Å²) in [4.78, 5) is 20.5. The molecule has 1 atom stereocenters. The first-order valence-electron chi connectivity index (χ1n) is 11.9. The van der Waals surface area contributed by atoms with Crippen molar-refractivity contribution < 1.29 is 14.3 Å². The number of ether oxygens (including phenoxy) is 2. The second kappa shape index (κ2) is 9.95. The summed E-state index contributed by atoms with van der Waals surface area (Å²) in [6.45, 7) is 0.707. The van der Waals surface area contributed by atoms with E-state index in [4.69, 9.17) is 15.2 Å². The van der Waals surface area contributed by atoms with Gasteiger partial charge in [0.15, 0.2) is 18.2 Å². The fraction of sp³-hybridized carbons (Fsp3) is 0.423. The third-order valence-electron chi connectivity index (χ3n) is 6.98. The van der Waals surface area contributed by atoms with Gasteiger partial charge in [-0.25, -0.2) is 4.98 Å². The second-order valence-electron chi connectivity index (χ2n) is 9.20. The number of carbonyl (C=O) groups excluding carboxylic acids is 1. The van der Waals surface area contributed by atoms with Gasteiger partial charge >= 0.3 is 0 Å². The van der Waals surface area contributed by atoms with Gasteiger partial charge in [-0.1, -0.05) is 0 Å². The zero-order valence-corrected chi connectivity index (χ0v) is 19.4. The molecule has 178 valence electrons. The summed E-state index contributed by atoms with van der Waals surface area (Å²) in [5.41, 5.74) is 9.79. The van der Waals surface area contributed by atoms with Gasteiger partial charge in [-0.05, 0) is 80.0 Å². The van der Waals surface area contributed by atoms with Crippen molar-refractivity contribution in [3.8, 4) is 11.5 Å². The van der Waals surface area contributed by atoms with Gasteiger partial charge in [-0.3, -0.25) is 9.78 Å². The molecule has 4 N–H and O–H groups in total. The van der Waals surface area contributed by atoms with Crippen LogP contribution >= 0.6 is 0 Å². The molecule has 1 aliphatic carbocycles. The summed E-state index contributed by atoms with van der Waals surface area (Å²) in [5, 5.41) is 7.51. The zero-order chi connectivity index (χ0) is 23.5. The predicted octanol–water partition coefficient (Wildman–Crippen LogP) is 3.19. The van der Waals surface area contributed by atoms with Gasteiger partial charge in [-0.15, -0.1) is 0 Å². The van der Waals surface area contributed by atoms with Crippen LogP contribution in [0.2, 0.25) is 0 Å². The number of hydrogen-bond acceptors (Lipinski definition) is 7. The molecule has 1 saturated carbocycles. The molecule has 3 heterocycles. The van der Waals surface area contributed by atoms with Crippen LogP contribution in [0.5, 0.6) is 11.5 Å². The highest BCUT2D eigenvalue weighted by Gasteiger charge is 2.26. The summed E-state index contributed by atoms with van der Waals surface area (Å²) in [7, 11) is 1.68. The van der Waals surface area contributed by atoms with Crippen LogP contribution in [0.4, 0.5) is 5.82 Å². The van der Waals surface area contributed by atoms with Crippen LogP contribution in [0.25, 0.3) is 10.9 Å². The molecule has 0 saturated heterocycles. The number of nitrogens with zero attached hydrogens (tertiary/aromatic N) is 2. The van der Waals surface area contributed by atoms with Gasteiger partial charge in [-0.2, -0.15) is 0 Å². The molecule has 8 nitrogen and oxygen atoms in total. The minimum atomic E-state index is -0.168. The quantitative estimate of drug-likeness (QED) is 0.495. The van der Waals surface area contributed by atoms with E-state index < -0.39 is 0 Å². The molecular weight excluding hydrogens is 430 g/mol. The van der Waals surface area contributed by atoms with E-state index >= 15 is 0 Å². The number of carbonyl (C=O) groups is 1. The molecule has 1 fully saturated rings. The Kier molecular flexibility index (Phi) is 6.60. The number of fused-ring (bicyclic) bond motifs is 2. The maximum atomic E-state index is 11.5. The number of nitrogens with one attached hydrogen (secondary N) is 2. The number of aromatic nitrogens is 2. The standard InChI is InChI=1S/C26H31N5O3/c1-33-20-7-8-23-21(13-20)17(10-11-28-23)12-22(27)16-2-4-18(5-3-16)29-14-19-6-9-24-26(30-19)31-25(32)15-34-24/h6-11,13,16,18,22,29H,2-5,12,14-15,27H2,1H3,(H,30,31,32)/t16-,18-,22-/m1/s1. The van der Waals surface area contributed by atoms with E-state index in [2.05, 4.69) is 32.7 Å². The van der Waals surface area contributed by atoms with Crippen LogP contribution in [-0.4, -0.2) is 41.7 Å². The SMILES string of the molecule is COc1ccc2nccc(C[C@@H](N)[C@H]3CC[C@H](NCc4ccc5c(n4)NC(=O)CO5)CC3)c2c1. The van der Waals surface area contributed by atoms with Crippen molar-refractivity contribution in [2.45, 2.75) is 50.7 Å². The first-order chi connectivity index (χ1) is 16.6. The third kappa shape index (κ3) is 4.98. The normalized spacial score (nSPS) is 20.8. The Morgan fingerprint density at radius 2 is 2.06 bits per heavy atom. The fourth-order valence-electron chi connectivity index (χ4n) is 5.01. The van der Waals surface area contributed by atoms with Gasteiger partial charge in [0.2, 0.25) is 0 Å². The van der Waals surface area contributed by atoms with Crippen molar-refractivity contribution in [2.75, 3.05) is 19.0 Å². The van der Waals surface area contributed by atoms with Crippen molar-refractivity contribution in [3.63, 3.8) is 0 Å². The van der Waals surface area contributed by atoms with Crippen molar-refractivity contribution in [1.29, 1.82) is 0 Å². The Bertz CT molecular complexity index is 1180. The molecular formula is C26H31N5O3. The van der Waals surface area contributed by atoms with Crippen molar-refractivity contribution in [1.82, 2.24) is 15.3 Å². The van der Waals surface area contributed by atoms with Crippen LogP contribution < -0.4 is 25.8 Å². The lowest BCUT2D eigenvalue weighted by Gasteiger charge is -2.33. The Hall–Kier alpha value is -3.23. The number of nitrogens with two attached hydrogens (primary N) is 1. The summed E-state index contributed by atoms with van der Waals surface area (Å²) >= 11 is 0. The fourth-order valence-corrected chi connectivity index (χ4v) is 5.01. The summed E-state index contributed by atoms with van der Waals surface area (Å²) in [6.07, 6.45) is 7.09. The average molecular weight is 462 g/mol. The number of rotatable bonds is 7. The van der Waals surface area contributed by atoms with Gasteiger partial charge in [0.05, 0.1) is 18.3 Å². The molecule has 2 aliphatic rings. The van der Waals surface area contributed by atoms with Crippen molar-refractivity contribution in [2.24, 2.45) is 11.7 Å². The molecule has 2 aromatic heterocycles. The molecule has 5 rings (SSSR count). The molecule has 0 spiro atoms. The van der Waals surface area contributed by atoms with Crippen molar-refractivity contribution in [3.05, 3.63) is 53.9 Å². The van der Waals surface area contributed by atoms with E-state index in [1.807, 2.05) is 30.5 Å². The van der Waals surface area contributed by atoms with E-state index in [1.165, 1.54) is 5.56 Å². The third-order valence-corrected chi connectivity index (χ3v) is 6.98. The van der Waals surface area contributed by atoms with Crippen LogP contribution in [0.1, 0.15) is 36.9 Å². The van der Waals surface area contributed by atoms with E-state index in [0.717, 1.165) is 54.5 Å². The maximum absolute atomic E-state index is 11.5. The molecule has 1 aromatic carbocycles. The first kappa shape index (κ1) is 22.6. The smallest absolute Gasteiger partial charge is 0.263 e. The van der Waals surface area contributed by atoms with Crippen LogP contribution in [0.15, 0.2) is 42.6 Å². The lowest BCUT2D eigenvalue weighted by Crippen LogP contribution is -2.39. The summed E-state index contributed by atoms with van der Waals surface area (Å²) in [6, 6.07) is 12.4. The van der Waals surface area contributed by atoms with Gasteiger partial charge in [0, 0.05) is 30.2 Å².